The van der Waals surface area contributed by atoms with E-state index in [9.17, 15) is 4.79 Å². The maximum absolute atomic E-state index is 11.8. The van der Waals surface area contributed by atoms with Gasteiger partial charge in [0.25, 0.3) is 0 Å². The predicted molar refractivity (Wildman–Crippen MR) is 77.7 cm³/mol. The third-order valence-corrected chi connectivity index (χ3v) is 3.56. The summed E-state index contributed by atoms with van der Waals surface area (Å²) in [4.78, 5) is 21.4. The highest BCUT2D eigenvalue weighted by molar-refractivity contribution is 5.75. The van der Waals surface area contributed by atoms with Crippen molar-refractivity contribution >= 4 is 11.8 Å². The van der Waals surface area contributed by atoms with Crippen LogP contribution in [0.15, 0.2) is 18.3 Å². The van der Waals surface area contributed by atoms with Crippen molar-refractivity contribution in [2.75, 3.05) is 18.8 Å². The van der Waals surface area contributed by atoms with Crippen molar-refractivity contribution in [1.29, 1.82) is 0 Å². The van der Waals surface area contributed by atoms with E-state index in [0.717, 1.165) is 25.9 Å². The summed E-state index contributed by atoms with van der Waals surface area (Å²) in [6, 6.07) is 3.87. The molecule has 2 heterocycles. The number of aromatic nitrogens is 1. The maximum Gasteiger partial charge on any atom is 0.330 e. The van der Waals surface area contributed by atoms with Gasteiger partial charge in [0.05, 0.1) is 5.41 Å². The van der Waals surface area contributed by atoms with Crippen molar-refractivity contribution < 1.29 is 9.63 Å². The van der Waals surface area contributed by atoms with E-state index >= 15 is 0 Å². The lowest BCUT2D eigenvalue weighted by Crippen LogP contribution is -2.38. The molecule has 1 aromatic rings. The molecule has 5 nitrogen and oxygen atoms in total. The fourth-order valence-electron chi connectivity index (χ4n) is 2.19. The average molecular weight is 277 g/mol. The van der Waals surface area contributed by atoms with Gasteiger partial charge in [-0.15, -0.1) is 5.06 Å². The van der Waals surface area contributed by atoms with E-state index in [2.05, 4.69) is 4.98 Å². The zero-order chi connectivity index (χ0) is 14.8. The molecule has 0 unspecified atom stereocenters. The molecule has 2 N–H and O–H groups in total. The molecule has 0 atom stereocenters. The number of nitrogen functional groups attached to an aromatic ring is 1. The fourth-order valence-corrected chi connectivity index (χ4v) is 2.19. The van der Waals surface area contributed by atoms with Crippen molar-refractivity contribution in [2.24, 2.45) is 5.41 Å². The molecule has 0 bridgehead atoms. The van der Waals surface area contributed by atoms with Crippen molar-refractivity contribution in [1.82, 2.24) is 10.0 Å². The number of carbonyl (C=O) groups is 1. The van der Waals surface area contributed by atoms with Gasteiger partial charge in [-0.3, -0.25) is 0 Å². The van der Waals surface area contributed by atoms with Crippen molar-refractivity contribution in [3.05, 3.63) is 23.9 Å². The Balaban J connectivity index is 1.86. The highest BCUT2D eigenvalue weighted by Crippen LogP contribution is 2.28. The van der Waals surface area contributed by atoms with Crippen LogP contribution in [0.25, 0.3) is 0 Å². The van der Waals surface area contributed by atoms with Crippen LogP contribution in [0.1, 0.15) is 45.1 Å². The van der Waals surface area contributed by atoms with Gasteiger partial charge in [0.2, 0.25) is 0 Å². The van der Waals surface area contributed by atoms with E-state index in [0.29, 0.717) is 11.7 Å². The van der Waals surface area contributed by atoms with Gasteiger partial charge < -0.3 is 10.6 Å². The second-order valence-corrected chi connectivity index (χ2v) is 6.35. The van der Waals surface area contributed by atoms with Crippen LogP contribution in [0.4, 0.5) is 5.82 Å². The molecule has 1 saturated heterocycles. The molecule has 20 heavy (non-hydrogen) atoms. The highest BCUT2D eigenvalue weighted by Gasteiger charge is 2.28. The smallest absolute Gasteiger partial charge is 0.330 e. The molecule has 0 amide bonds. The molecule has 5 heteroatoms. The van der Waals surface area contributed by atoms with Gasteiger partial charge in [-0.05, 0) is 51.2 Å². The SMILES string of the molecule is CC(C)(C)C(=O)ON1CCC(c2ccc(N)nc2)CC1. The summed E-state index contributed by atoms with van der Waals surface area (Å²) in [6.07, 6.45) is 3.77. The average Bonchev–Trinajstić information content (AvgIpc) is 2.39. The van der Waals surface area contributed by atoms with E-state index < -0.39 is 5.41 Å². The summed E-state index contributed by atoms with van der Waals surface area (Å²) in [6.45, 7) is 7.11. The van der Waals surface area contributed by atoms with Crippen LogP contribution in [0.5, 0.6) is 0 Å². The summed E-state index contributed by atoms with van der Waals surface area (Å²) in [7, 11) is 0. The summed E-state index contributed by atoms with van der Waals surface area (Å²) >= 11 is 0. The predicted octanol–water partition coefficient (Wildman–Crippen LogP) is 2.35. The number of hydrogen-bond donors (Lipinski definition) is 1. The normalized spacial score (nSPS) is 17.9. The van der Waals surface area contributed by atoms with E-state index in [1.54, 1.807) is 5.06 Å². The van der Waals surface area contributed by atoms with Crippen LogP contribution in [-0.2, 0) is 9.63 Å². The van der Waals surface area contributed by atoms with Crippen LogP contribution in [0.3, 0.4) is 0 Å². The highest BCUT2D eigenvalue weighted by atomic mass is 16.7. The number of piperidine rings is 1. The Morgan fingerprint density at radius 3 is 2.50 bits per heavy atom. The second kappa shape index (κ2) is 5.79. The standard InChI is InChI=1S/C15H23N3O2/c1-15(2,3)14(19)20-18-8-6-11(7-9-18)12-4-5-13(16)17-10-12/h4-5,10-11H,6-9H2,1-3H3,(H2,16,17). The molecule has 110 valence electrons. The van der Waals surface area contributed by atoms with Gasteiger partial charge in [0, 0.05) is 19.3 Å². The quantitative estimate of drug-likeness (QED) is 0.898. The molecular weight excluding hydrogens is 254 g/mol. The Kier molecular flexibility index (Phi) is 4.28. The minimum absolute atomic E-state index is 0.176. The minimum Gasteiger partial charge on any atom is -0.384 e. The molecule has 0 spiro atoms. The number of anilines is 1. The van der Waals surface area contributed by atoms with Crippen LogP contribution < -0.4 is 5.73 Å². The van der Waals surface area contributed by atoms with Gasteiger partial charge in [-0.2, -0.15) is 0 Å². The molecule has 0 radical (unpaired) electrons. The van der Waals surface area contributed by atoms with Gasteiger partial charge in [-0.25, -0.2) is 9.78 Å². The molecule has 2 rings (SSSR count). The fraction of sp³-hybridized carbons (Fsp3) is 0.600. The molecule has 1 aromatic heterocycles. The summed E-state index contributed by atoms with van der Waals surface area (Å²) in [5, 5.41) is 1.77. The van der Waals surface area contributed by atoms with Gasteiger partial charge in [-0.1, -0.05) is 6.07 Å². The molecule has 0 aliphatic carbocycles. The van der Waals surface area contributed by atoms with Crippen molar-refractivity contribution in [3.63, 3.8) is 0 Å². The first-order valence-electron chi connectivity index (χ1n) is 7.05. The summed E-state index contributed by atoms with van der Waals surface area (Å²) in [5.74, 6) is 0.836. The number of nitrogens with two attached hydrogens (primary N) is 1. The molecule has 0 aromatic carbocycles. The monoisotopic (exact) mass is 277 g/mol. The second-order valence-electron chi connectivity index (χ2n) is 6.35. The third kappa shape index (κ3) is 3.70. The molecular formula is C15H23N3O2. The first-order chi connectivity index (χ1) is 9.36. The number of pyridine rings is 1. The Morgan fingerprint density at radius 1 is 1.35 bits per heavy atom. The minimum atomic E-state index is -0.461. The van der Waals surface area contributed by atoms with Gasteiger partial charge >= 0.3 is 5.97 Å². The topological polar surface area (TPSA) is 68.5 Å². The molecule has 0 saturated carbocycles. The number of hydroxylamine groups is 2. The van der Waals surface area contributed by atoms with Crippen molar-refractivity contribution in [3.8, 4) is 0 Å². The lowest BCUT2D eigenvalue weighted by Gasteiger charge is -2.32. The van der Waals surface area contributed by atoms with Crippen LogP contribution in [-0.4, -0.2) is 29.1 Å². The Morgan fingerprint density at radius 2 is 2.00 bits per heavy atom. The lowest BCUT2D eigenvalue weighted by atomic mass is 9.91. The summed E-state index contributed by atoms with van der Waals surface area (Å²) < 4.78 is 0. The van der Waals surface area contributed by atoms with Crippen molar-refractivity contribution in [2.45, 2.75) is 39.5 Å². The first-order valence-corrected chi connectivity index (χ1v) is 7.05. The van der Waals surface area contributed by atoms with Gasteiger partial charge in [0.15, 0.2) is 0 Å². The molecule has 1 aliphatic rings. The number of carbonyl (C=O) groups excluding carboxylic acids is 1. The first kappa shape index (κ1) is 14.8. The lowest BCUT2D eigenvalue weighted by molar-refractivity contribution is -0.204. The molecule has 1 aliphatic heterocycles. The van der Waals surface area contributed by atoms with Crippen LogP contribution in [0, 0.1) is 5.41 Å². The Hall–Kier alpha value is -1.62. The van der Waals surface area contributed by atoms with E-state index in [1.807, 2.05) is 39.1 Å². The van der Waals surface area contributed by atoms with Crippen LogP contribution >= 0.6 is 0 Å². The zero-order valence-electron chi connectivity index (χ0n) is 12.4. The largest absolute Gasteiger partial charge is 0.384 e. The zero-order valence-corrected chi connectivity index (χ0v) is 12.4. The summed E-state index contributed by atoms with van der Waals surface area (Å²) in [5.41, 5.74) is 6.35. The van der Waals surface area contributed by atoms with Gasteiger partial charge in [0.1, 0.15) is 5.82 Å². The number of hydrogen-bond acceptors (Lipinski definition) is 5. The van der Waals surface area contributed by atoms with Crippen LogP contribution in [0.2, 0.25) is 0 Å². The Bertz CT molecular complexity index is 457. The van der Waals surface area contributed by atoms with E-state index in [1.165, 1.54) is 5.56 Å². The number of nitrogens with zero attached hydrogens (tertiary/aromatic N) is 2. The number of rotatable bonds is 2. The van der Waals surface area contributed by atoms with E-state index in [4.69, 9.17) is 10.6 Å². The Labute approximate surface area is 120 Å². The molecule has 1 fully saturated rings. The third-order valence-electron chi connectivity index (χ3n) is 3.56. The van der Waals surface area contributed by atoms with E-state index in [-0.39, 0.29) is 5.97 Å². The maximum atomic E-state index is 11.8.